The molecule has 0 radical (unpaired) electrons. The van der Waals surface area contributed by atoms with Gasteiger partial charge in [0.05, 0.1) is 50.4 Å². The van der Waals surface area contributed by atoms with E-state index in [4.69, 9.17) is 71.1 Å². The number of benzene rings is 9. The van der Waals surface area contributed by atoms with Crippen molar-refractivity contribution in [2.24, 2.45) is 0 Å². The van der Waals surface area contributed by atoms with Crippen LogP contribution in [-0.4, -0.2) is 290 Å². The molecular weight excluding hydrogens is 1830 g/mol. The first kappa shape index (κ1) is 88.7. The van der Waals surface area contributed by atoms with E-state index in [9.17, 15) is 157 Å². The highest BCUT2D eigenvalue weighted by Crippen LogP contribution is 2.63. The molecule has 0 saturated carbocycles. The Balaban J connectivity index is 0.902. The maximum Gasteiger partial charge on any atom is 0.347 e. The normalized spacial score (nSPS) is 23.1. The van der Waals surface area contributed by atoms with E-state index in [1.54, 1.807) is 0 Å². The number of hydrogen-bond donors (Lipinski definition) is 27. The zero-order chi connectivity index (χ0) is 97.6. The fourth-order valence-corrected chi connectivity index (χ4v) is 15.7. The van der Waals surface area contributed by atoms with Crippen molar-refractivity contribution in [3.05, 3.63) is 134 Å². The van der Waals surface area contributed by atoms with E-state index < -0.39 is 408 Å². The standard InChI is InChI=1S/C82H54O53/c83-25-1-15(2-26(84)45(25)93)69(107)130-65-62-36-13-121-71(109)20-10-34(52(100)55(103)41(20)39-17(73(111)128-62)5-29(87)47(95)53(39)101)124-77(115)24-9-32(90)50(98)58(106)60(24)127-61-35(123-59-23(8-31(89)49(97)57(59)105)78(116)132-67(65)79(117)125-36)11-21-42(56(61)104)40-18(6-30(88)48(96)54(40)102)74(112)131-66-63-37(14-122-72(21)110)126-80(134-70(108)16-3-27(85)46(94)28(86)4-16)68(66)133-75(113)19-7-33(91)51(99)64-43(19)44-22(76(114)129-63)12-38(92)82(120,135-64)81(44,118)119/h1-12,36-37,44,62-63,65-68,79-80,83-91,93-106,117-120H,13-14H2/t36-,37+,44+,62+,63-,65-,66-,67-,68+,79-,80+,82+/m1/s1. The van der Waals surface area contributed by atoms with Crippen LogP contribution in [0.4, 0.5) is 0 Å². The van der Waals surface area contributed by atoms with Crippen LogP contribution in [0, 0.1) is 0 Å². The molecular formula is C82H54O53. The first-order valence-corrected chi connectivity index (χ1v) is 37.7. The van der Waals surface area contributed by atoms with Crippen LogP contribution in [0.25, 0.3) is 22.3 Å². The van der Waals surface area contributed by atoms with E-state index in [0.717, 1.165) is 0 Å². The van der Waals surface area contributed by atoms with Crippen molar-refractivity contribution in [3.63, 3.8) is 0 Å². The highest BCUT2D eigenvalue weighted by Gasteiger charge is 2.71. The molecule has 2 fully saturated rings. The third kappa shape index (κ3) is 13.7. The fraction of sp³-hybridized carbons (Fsp3) is 0.183. The molecule has 2 saturated heterocycles. The van der Waals surface area contributed by atoms with Gasteiger partial charge in [0.1, 0.15) is 36.5 Å². The number of esters is 10. The van der Waals surface area contributed by atoms with Crippen LogP contribution in [0.1, 0.15) is 105 Å². The van der Waals surface area contributed by atoms with Gasteiger partial charge in [-0.2, -0.15) is 0 Å². The monoisotopic (exact) mass is 1890 g/mol. The lowest BCUT2D eigenvalue weighted by Crippen LogP contribution is -2.70. The molecule has 18 rings (SSSR count). The summed E-state index contributed by atoms with van der Waals surface area (Å²) in [4.78, 5) is 166. The van der Waals surface area contributed by atoms with Crippen LogP contribution < -0.4 is 18.9 Å². The maximum absolute atomic E-state index is 16.0. The number of rotatable bonds is 4. The Kier molecular flexibility index (Phi) is 20.5. The predicted octanol–water partition coefficient (Wildman–Crippen LogP) is 1.01. The van der Waals surface area contributed by atoms with Crippen LogP contribution in [0.3, 0.4) is 0 Å². The van der Waals surface area contributed by atoms with Gasteiger partial charge in [-0.25, -0.2) is 47.9 Å². The van der Waals surface area contributed by atoms with Crippen LogP contribution in [0.15, 0.2) is 78.4 Å². The minimum absolute atomic E-state index is 0.0500. The second-order valence-electron chi connectivity index (χ2n) is 30.1. The van der Waals surface area contributed by atoms with Gasteiger partial charge in [-0.15, -0.1) is 0 Å². The summed E-state index contributed by atoms with van der Waals surface area (Å²) in [5.74, 6) is -82.7. The average molecular weight is 1890 g/mol. The molecule has 12 atom stereocenters. The molecule has 9 aliphatic rings. The second-order valence-corrected chi connectivity index (χ2v) is 30.1. The van der Waals surface area contributed by atoms with Crippen molar-refractivity contribution in [2.75, 3.05) is 13.2 Å². The number of ketones is 1. The minimum atomic E-state index is -4.25. The Morgan fingerprint density at radius 1 is 0.326 bits per heavy atom. The number of aliphatic hydroxyl groups excluding tert-OH is 1. The van der Waals surface area contributed by atoms with Crippen molar-refractivity contribution < 1.29 is 262 Å². The molecule has 53 heteroatoms. The molecule has 8 aliphatic heterocycles. The van der Waals surface area contributed by atoms with E-state index >= 15 is 33.6 Å². The Hall–Kier alpha value is -18.3. The topological polar surface area (TPSA) is 872 Å². The number of fused-ring (bicyclic) bond motifs is 9. The summed E-state index contributed by atoms with van der Waals surface area (Å²) in [7, 11) is 0. The van der Waals surface area contributed by atoms with Crippen LogP contribution in [-0.2, 0) is 61.7 Å². The first-order valence-electron chi connectivity index (χ1n) is 37.7. The fourth-order valence-electron chi connectivity index (χ4n) is 15.7. The van der Waals surface area contributed by atoms with Gasteiger partial charge >= 0.3 is 65.5 Å². The molecule has 0 unspecified atom stereocenters. The number of phenolic OH excluding ortho intramolecular Hbond substituents is 23. The molecule has 11 bridgehead atoms. The first-order chi connectivity index (χ1) is 63.5. The second kappa shape index (κ2) is 31.2. The van der Waals surface area contributed by atoms with Gasteiger partial charge in [0.15, 0.2) is 152 Å². The Morgan fingerprint density at radius 3 is 1.25 bits per heavy atom. The average Bonchev–Trinajstić information content (AvgIpc) is 1.39. The summed E-state index contributed by atoms with van der Waals surface area (Å²) in [6, 6.07) is 2.50. The van der Waals surface area contributed by atoms with E-state index in [2.05, 4.69) is 0 Å². The zero-order valence-electron chi connectivity index (χ0n) is 65.9. The third-order valence-electron chi connectivity index (χ3n) is 22.2. The van der Waals surface area contributed by atoms with Gasteiger partial charge in [0.25, 0.3) is 5.79 Å². The lowest BCUT2D eigenvalue weighted by molar-refractivity contribution is -0.339. The molecule has 27 N–H and O–H groups in total. The molecule has 135 heavy (non-hydrogen) atoms. The molecule has 9 aromatic rings. The molecule has 0 amide bonds. The Bertz CT molecular complexity index is 6890. The van der Waals surface area contributed by atoms with Gasteiger partial charge in [-0.3, -0.25) is 4.79 Å². The number of aliphatic hydroxyl groups is 4. The summed E-state index contributed by atoms with van der Waals surface area (Å²) in [5.41, 5.74) is -21.6. The largest absolute Gasteiger partial charge is 0.504 e. The smallest absolute Gasteiger partial charge is 0.347 e. The molecule has 8 heterocycles. The highest BCUT2D eigenvalue weighted by atomic mass is 16.8. The summed E-state index contributed by atoms with van der Waals surface area (Å²) < 4.78 is 85.8. The number of aromatic hydroxyl groups is 23. The summed E-state index contributed by atoms with van der Waals surface area (Å²) in [6.45, 7) is -3.33. The highest BCUT2D eigenvalue weighted by molar-refractivity contribution is 6.13. The Labute approximate surface area is 739 Å². The minimum Gasteiger partial charge on any atom is -0.504 e. The molecule has 9 aromatic carbocycles. The van der Waals surface area contributed by atoms with Crippen LogP contribution >= 0.6 is 0 Å². The molecule has 53 nitrogen and oxygen atoms in total. The third-order valence-corrected chi connectivity index (χ3v) is 22.2. The quantitative estimate of drug-likeness (QED) is 0.0384. The summed E-state index contributed by atoms with van der Waals surface area (Å²) in [5, 5.41) is 309. The van der Waals surface area contributed by atoms with Crippen molar-refractivity contribution in [2.45, 2.75) is 78.9 Å². The molecule has 1 aliphatic carbocycles. The van der Waals surface area contributed by atoms with Crippen molar-refractivity contribution in [1.82, 2.24) is 0 Å². The molecule has 700 valence electrons. The van der Waals surface area contributed by atoms with E-state index in [0.29, 0.717) is 24.3 Å². The van der Waals surface area contributed by atoms with Crippen LogP contribution in [0.2, 0.25) is 0 Å². The van der Waals surface area contributed by atoms with Gasteiger partial charge in [-0.1, -0.05) is 0 Å². The summed E-state index contributed by atoms with van der Waals surface area (Å²) >= 11 is 0. The number of hydrogen-bond acceptors (Lipinski definition) is 53. The van der Waals surface area contributed by atoms with Gasteiger partial charge in [-0.05, 0) is 48.5 Å². The molecule has 0 spiro atoms. The number of cyclic esters (lactones) is 1. The maximum atomic E-state index is 16.0. The van der Waals surface area contributed by atoms with E-state index in [1.807, 2.05) is 0 Å². The lowest BCUT2D eigenvalue weighted by Gasteiger charge is -2.49. The van der Waals surface area contributed by atoms with Crippen molar-refractivity contribution in [3.8, 4) is 189 Å². The van der Waals surface area contributed by atoms with E-state index in [-0.39, 0.29) is 48.5 Å². The van der Waals surface area contributed by atoms with Crippen molar-refractivity contribution >= 4 is 65.5 Å². The van der Waals surface area contributed by atoms with E-state index in [1.165, 1.54) is 0 Å². The Morgan fingerprint density at radius 2 is 0.719 bits per heavy atom. The number of ether oxygens (including phenoxy) is 15. The lowest BCUT2D eigenvalue weighted by atomic mass is 9.70. The van der Waals surface area contributed by atoms with Gasteiger partial charge in [0.2, 0.25) is 69.9 Å². The number of carbonyl (C=O) groups is 11. The molecule has 0 aromatic heterocycles. The summed E-state index contributed by atoms with van der Waals surface area (Å²) in [6.07, 6.45) is -28.5. The van der Waals surface area contributed by atoms with Gasteiger partial charge in [0, 0.05) is 52.1 Å². The SMILES string of the molecule is O=C1O[C@H]2[C@H]3OC(=O)c4cc(O)c(O)c(O)c4-c4c(cc5c(c4O)Oc4c(cc(O)c(O)c4O)C(=O)Oc4cc6c(c(O)c4O)-c4c(cc(O)c(O)c4O)C(=O)O[C@@H]4[C@@H](OC(=O)c7cc(O)c(O)c(O)c7)[C@@H](OC(=O)c7cc(O)c(O)c(O)c7O5)[C@H](O)O[C@@H]4COC6=O)C(=O)OC[C@@H]2O[C@@H](OC(=O)c2cc(O)c(O)c(O)c2)[C@H]3OC(=O)c2cc(O)c(O)c3c2[C@@H]2C1=CC(=O)[C@](O)(O3)C2(O)O. The zero-order valence-corrected chi connectivity index (χ0v) is 65.9. The number of phenols is 23. The number of carbonyl (C=O) groups excluding carboxylic acids is 11. The van der Waals surface area contributed by atoms with Crippen molar-refractivity contribution in [1.29, 1.82) is 0 Å². The predicted molar refractivity (Wildman–Crippen MR) is 409 cm³/mol. The van der Waals surface area contributed by atoms with Crippen LogP contribution in [0.5, 0.6) is 167 Å². The van der Waals surface area contributed by atoms with Gasteiger partial charge < -0.3 is 209 Å².